The molecule has 1 unspecified atom stereocenters. The third-order valence-corrected chi connectivity index (χ3v) is 5.31. The molecular weight excluding hydrogens is 424 g/mol. The van der Waals surface area contributed by atoms with E-state index in [-0.39, 0.29) is 16.4 Å². The topological polar surface area (TPSA) is 62.3 Å². The molecule has 0 fully saturated rings. The third kappa shape index (κ3) is 4.39. The van der Waals surface area contributed by atoms with Crippen LogP contribution in [0.15, 0.2) is 60.8 Å². The van der Waals surface area contributed by atoms with Gasteiger partial charge >= 0.3 is 5.97 Å². The van der Waals surface area contributed by atoms with Crippen LogP contribution in [-0.4, -0.2) is 16.1 Å². The van der Waals surface area contributed by atoms with Crippen molar-refractivity contribution in [1.29, 1.82) is 0 Å². The van der Waals surface area contributed by atoms with Crippen LogP contribution in [0.3, 0.4) is 0 Å². The number of benzene rings is 3. The Hall–Kier alpha value is -3.38. The molecular formula is C24H18ClF2NO3. The number of carboxylic acids is 1. The summed E-state index contributed by atoms with van der Waals surface area (Å²) in [6.07, 6.45) is 0.360. The Morgan fingerprint density at radius 1 is 1.16 bits per heavy atom. The maximum Gasteiger partial charge on any atom is 0.343 e. The highest BCUT2D eigenvalue weighted by molar-refractivity contribution is 6.32. The zero-order valence-corrected chi connectivity index (χ0v) is 17.2. The average Bonchev–Trinajstić information content (AvgIpc) is 3.13. The summed E-state index contributed by atoms with van der Waals surface area (Å²) < 4.78 is 33.0. The van der Waals surface area contributed by atoms with Gasteiger partial charge in [0.1, 0.15) is 17.3 Å². The maximum absolute atomic E-state index is 13.8. The largest absolute Gasteiger partial charge is 0.479 e. The minimum absolute atomic E-state index is 0.0370. The molecule has 0 saturated carbocycles. The van der Waals surface area contributed by atoms with Crippen molar-refractivity contribution >= 4 is 28.5 Å². The molecule has 0 spiro atoms. The molecule has 4 rings (SSSR count). The fourth-order valence-electron chi connectivity index (χ4n) is 3.48. The molecule has 0 aliphatic carbocycles. The number of hydrogen-bond acceptors (Lipinski definition) is 2. The van der Waals surface area contributed by atoms with Crippen molar-refractivity contribution in [1.82, 2.24) is 4.98 Å². The first-order valence-corrected chi connectivity index (χ1v) is 9.89. The Bertz CT molecular complexity index is 1240. The summed E-state index contributed by atoms with van der Waals surface area (Å²) in [5.74, 6) is -0.993. The standard InChI is InChI=1S/C24H18ClF2NO3/c1-13-8-15(22(27)24(29)30)10-20(25)23(13)31-18-6-7-21-19(11-18)16(12-28-21)9-14-2-4-17(26)5-3-14/h2-8,10-12,22,28H,9H2,1H3,(H,29,30). The van der Waals surface area contributed by atoms with E-state index in [0.29, 0.717) is 23.5 Å². The van der Waals surface area contributed by atoms with Gasteiger partial charge < -0.3 is 14.8 Å². The van der Waals surface area contributed by atoms with Crippen molar-refractivity contribution in [2.75, 3.05) is 0 Å². The fourth-order valence-corrected chi connectivity index (χ4v) is 3.80. The first-order chi connectivity index (χ1) is 14.8. The monoisotopic (exact) mass is 441 g/mol. The highest BCUT2D eigenvalue weighted by Crippen LogP contribution is 2.37. The van der Waals surface area contributed by atoms with Gasteiger partial charge in [-0.25, -0.2) is 13.6 Å². The van der Waals surface area contributed by atoms with Gasteiger partial charge in [0.05, 0.1) is 5.02 Å². The van der Waals surface area contributed by atoms with E-state index < -0.39 is 12.1 Å². The molecule has 0 aliphatic rings. The first-order valence-electron chi connectivity index (χ1n) is 9.51. The Morgan fingerprint density at radius 3 is 2.58 bits per heavy atom. The molecule has 1 heterocycles. The number of ether oxygens (including phenoxy) is 1. The molecule has 1 atom stereocenters. The molecule has 158 valence electrons. The highest BCUT2D eigenvalue weighted by Gasteiger charge is 2.21. The molecule has 3 aromatic carbocycles. The second-order valence-electron chi connectivity index (χ2n) is 7.28. The van der Waals surface area contributed by atoms with Crippen LogP contribution in [0, 0.1) is 12.7 Å². The van der Waals surface area contributed by atoms with Gasteiger partial charge in [-0.2, -0.15) is 0 Å². The zero-order valence-electron chi connectivity index (χ0n) is 16.5. The van der Waals surface area contributed by atoms with Crippen LogP contribution < -0.4 is 4.74 Å². The Labute approximate surface area is 182 Å². The van der Waals surface area contributed by atoms with E-state index >= 15 is 0 Å². The molecule has 1 aromatic heterocycles. The minimum Gasteiger partial charge on any atom is -0.479 e. The van der Waals surface area contributed by atoms with Crippen molar-refractivity contribution in [3.8, 4) is 11.5 Å². The minimum atomic E-state index is -2.16. The van der Waals surface area contributed by atoms with E-state index in [1.165, 1.54) is 24.3 Å². The van der Waals surface area contributed by atoms with Gasteiger partial charge in [0.2, 0.25) is 6.17 Å². The predicted octanol–water partition coefficient (Wildman–Crippen LogP) is 6.75. The van der Waals surface area contributed by atoms with Gasteiger partial charge in [-0.05, 0) is 78.1 Å². The lowest BCUT2D eigenvalue weighted by atomic mass is 10.0. The van der Waals surface area contributed by atoms with Crippen LogP contribution in [0.25, 0.3) is 10.9 Å². The second-order valence-corrected chi connectivity index (χ2v) is 7.68. The number of carboxylic acid groups (broad SMARTS) is 1. The van der Waals surface area contributed by atoms with E-state index in [4.69, 9.17) is 21.4 Å². The van der Waals surface area contributed by atoms with Gasteiger partial charge in [-0.15, -0.1) is 0 Å². The summed E-state index contributed by atoms with van der Waals surface area (Å²) in [4.78, 5) is 14.1. The smallest absolute Gasteiger partial charge is 0.343 e. The van der Waals surface area contributed by atoms with E-state index in [2.05, 4.69) is 4.98 Å². The average molecular weight is 442 g/mol. The number of aryl methyl sites for hydroxylation is 1. The number of carbonyl (C=O) groups is 1. The summed E-state index contributed by atoms with van der Waals surface area (Å²) in [5.41, 5.74) is 3.40. The number of aliphatic carboxylic acids is 1. The molecule has 31 heavy (non-hydrogen) atoms. The molecule has 0 amide bonds. The Kier molecular flexibility index (Phi) is 5.65. The maximum atomic E-state index is 13.8. The second kappa shape index (κ2) is 8.40. The van der Waals surface area contributed by atoms with Gasteiger partial charge in [0, 0.05) is 17.1 Å². The Morgan fingerprint density at radius 2 is 1.90 bits per heavy atom. The van der Waals surface area contributed by atoms with Crippen molar-refractivity contribution in [3.05, 3.63) is 93.9 Å². The normalized spacial score (nSPS) is 12.1. The molecule has 2 N–H and O–H groups in total. The van der Waals surface area contributed by atoms with Crippen LogP contribution in [0.1, 0.15) is 28.4 Å². The van der Waals surface area contributed by atoms with Crippen molar-refractivity contribution in [3.63, 3.8) is 0 Å². The molecule has 0 bridgehead atoms. The van der Waals surface area contributed by atoms with Gasteiger partial charge in [0.25, 0.3) is 0 Å². The molecule has 7 heteroatoms. The highest BCUT2D eigenvalue weighted by atomic mass is 35.5. The van der Waals surface area contributed by atoms with Crippen LogP contribution in [-0.2, 0) is 11.2 Å². The van der Waals surface area contributed by atoms with Crippen molar-refractivity contribution < 1.29 is 23.4 Å². The SMILES string of the molecule is Cc1cc(C(F)C(=O)O)cc(Cl)c1Oc1ccc2[nH]cc(Cc3ccc(F)cc3)c2c1. The number of halogens is 3. The van der Waals surface area contributed by atoms with Crippen LogP contribution >= 0.6 is 11.6 Å². The van der Waals surface area contributed by atoms with E-state index in [9.17, 15) is 13.6 Å². The number of aromatic nitrogens is 1. The number of hydrogen-bond donors (Lipinski definition) is 2. The number of rotatable bonds is 6. The summed E-state index contributed by atoms with van der Waals surface area (Å²) in [6, 6.07) is 14.5. The number of nitrogens with one attached hydrogen (secondary N) is 1. The lowest BCUT2D eigenvalue weighted by Gasteiger charge is -2.14. The zero-order chi connectivity index (χ0) is 22.1. The first kappa shape index (κ1) is 20.9. The summed E-state index contributed by atoms with van der Waals surface area (Å²) in [7, 11) is 0. The fraction of sp³-hybridized carbons (Fsp3) is 0.125. The van der Waals surface area contributed by atoms with Gasteiger partial charge in [-0.1, -0.05) is 23.7 Å². The molecule has 4 aromatic rings. The molecule has 0 saturated heterocycles. The van der Waals surface area contributed by atoms with Crippen LogP contribution in [0.4, 0.5) is 8.78 Å². The van der Waals surface area contributed by atoms with Crippen molar-refractivity contribution in [2.45, 2.75) is 19.5 Å². The van der Waals surface area contributed by atoms with E-state index in [1.807, 2.05) is 18.3 Å². The molecule has 0 aliphatic heterocycles. The van der Waals surface area contributed by atoms with Crippen LogP contribution in [0.5, 0.6) is 11.5 Å². The van der Waals surface area contributed by atoms with E-state index in [1.54, 1.807) is 25.1 Å². The third-order valence-electron chi connectivity index (χ3n) is 5.03. The lowest BCUT2D eigenvalue weighted by Crippen LogP contribution is -2.06. The summed E-state index contributed by atoms with van der Waals surface area (Å²) >= 11 is 6.26. The number of fused-ring (bicyclic) bond motifs is 1. The molecule has 4 nitrogen and oxygen atoms in total. The summed E-state index contributed by atoms with van der Waals surface area (Å²) in [5, 5.41) is 9.95. The number of aromatic amines is 1. The van der Waals surface area contributed by atoms with Crippen molar-refractivity contribution in [2.24, 2.45) is 0 Å². The number of H-pyrrole nitrogens is 1. The van der Waals surface area contributed by atoms with Crippen LogP contribution in [0.2, 0.25) is 5.02 Å². The lowest BCUT2D eigenvalue weighted by molar-refractivity contribution is -0.143. The summed E-state index contributed by atoms with van der Waals surface area (Å²) in [6.45, 7) is 1.67. The Balaban J connectivity index is 1.63. The predicted molar refractivity (Wildman–Crippen MR) is 115 cm³/mol. The molecule has 0 radical (unpaired) electrons. The number of alkyl halides is 1. The van der Waals surface area contributed by atoms with E-state index in [0.717, 1.165) is 22.0 Å². The van der Waals surface area contributed by atoms with Gasteiger partial charge in [0.15, 0.2) is 0 Å². The van der Waals surface area contributed by atoms with Gasteiger partial charge in [-0.3, -0.25) is 0 Å². The quantitative estimate of drug-likeness (QED) is 0.348.